The van der Waals surface area contributed by atoms with Gasteiger partial charge in [-0.05, 0) is 57.5 Å². The Bertz CT molecular complexity index is 915. The minimum absolute atomic E-state index is 0.371. The van der Waals surface area contributed by atoms with Crippen molar-refractivity contribution in [3.05, 3.63) is 65.4 Å². The van der Waals surface area contributed by atoms with Crippen molar-refractivity contribution in [2.75, 3.05) is 11.9 Å². The normalized spacial score (nSPS) is 17.4. The van der Waals surface area contributed by atoms with Gasteiger partial charge in [0, 0.05) is 30.5 Å². The molecule has 1 N–H and O–H groups in total. The molecule has 3 aromatic rings. The van der Waals surface area contributed by atoms with Crippen molar-refractivity contribution in [1.82, 2.24) is 24.6 Å². The lowest BCUT2D eigenvalue weighted by Gasteiger charge is -2.24. The standard InChI is InChI=1S/C21H26N6/c1-15-6-4-8-21(24-15)25-18-9-10-19(22-13-18)20-7-5-11-27(20)14-17-12-23-26(3)16(17)2/h4,6,8-10,12-13,20H,5,7,11,14H2,1-3H3,(H,24,25). The van der Waals surface area contributed by atoms with Crippen molar-refractivity contribution in [3.8, 4) is 0 Å². The van der Waals surface area contributed by atoms with Crippen LogP contribution in [0.25, 0.3) is 0 Å². The zero-order chi connectivity index (χ0) is 18.8. The zero-order valence-electron chi connectivity index (χ0n) is 16.2. The molecule has 1 fully saturated rings. The molecule has 1 saturated heterocycles. The van der Waals surface area contributed by atoms with E-state index in [1.54, 1.807) is 0 Å². The van der Waals surface area contributed by atoms with Gasteiger partial charge in [0.25, 0.3) is 0 Å². The molecule has 27 heavy (non-hydrogen) atoms. The van der Waals surface area contributed by atoms with E-state index in [-0.39, 0.29) is 0 Å². The SMILES string of the molecule is Cc1cccc(Nc2ccc(C3CCCN3Cc3cnn(C)c3C)nc2)n1. The van der Waals surface area contributed by atoms with Crippen molar-refractivity contribution in [2.24, 2.45) is 7.05 Å². The first-order valence-corrected chi connectivity index (χ1v) is 9.48. The molecule has 0 radical (unpaired) electrons. The molecule has 4 rings (SSSR count). The van der Waals surface area contributed by atoms with Crippen molar-refractivity contribution in [1.29, 1.82) is 0 Å². The molecule has 0 bridgehead atoms. The van der Waals surface area contributed by atoms with E-state index in [4.69, 9.17) is 4.98 Å². The van der Waals surface area contributed by atoms with Crippen LogP contribution in [-0.2, 0) is 13.6 Å². The molecular weight excluding hydrogens is 336 g/mol. The van der Waals surface area contributed by atoms with E-state index in [2.05, 4.69) is 39.4 Å². The van der Waals surface area contributed by atoms with Crippen LogP contribution in [0.15, 0.2) is 42.7 Å². The first-order valence-electron chi connectivity index (χ1n) is 9.48. The monoisotopic (exact) mass is 362 g/mol. The fourth-order valence-corrected chi connectivity index (χ4v) is 3.71. The molecule has 0 spiro atoms. The Morgan fingerprint density at radius 1 is 1.15 bits per heavy atom. The third kappa shape index (κ3) is 3.85. The third-order valence-electron chi connectivity index (χ3n) is 5.36. The van der Waals surface area contributed by atoms with Crippen LogP contribution in [0.4, 0.5) is 11.5 Å². The summed E-state index contributed by atoms with van der Waals surface area (Å²) in [5.74, 6) is 0.846. The molecule has 0 saturated carbocycles. The molecule has 0 aromatic carbocycles. The number of anilines is 2. The number of aryl methyl sites for hydroxylation is 2. The van der Waals surface area contributed by atoms with Gasteiger partial charge in [0.05, 0.1) is 29.8 Å². The molecule has 1 aliphatic heterocycles. The summed E-state index contributed by atoms with van der Waals surface area (Å²) in [5.41, 5.74) is 5.63. The van der Waals surface area contributed by atoms with E-state index in [1.165, 1.54) is 17.7 Å². The molecule has 4 heterocycles. The van der Waals surface area contributed by atoms with Crippen LogP contribution in [0.2, 0.25) is 0 Å². The molecule has 0 amide bonds. The van der Waals surface area contributed by atoms with Crippen LogP contribution in [0.5, 0.6) is 0 Å². The highest BCUT2D eigenvalue weighted by Crippen LogP contribution is 2.33. The summed E-state index contributed by atoms with van der Waals surface area (Å²) < 4.78 is 1.94. The quantitative estimate of drug-likeness (QED) is 0.746. The lowest BCUT2D eigenvalue weighted by molar-refractivity contribution is 0.244. The number of likely N-dealkylation sites (tertiary alicyclic amines) is 1. The van der Waals surface area contributed by atoms with Crippen LogP contribution in [-0.4, -0.2) is 31.2 Å². The Balaban J connectivity index is 1.46. The average molecular weight is 362 g/mol. The van der Waals surface area contributed by atoms with Crippen LogP contribution >= 0.6 is 0 Å². The molecule has 3 aromatic heterocycles. The van der Waals surface area contributed by atoms with Crippen molar-refractivity contribution >= 4 is 11.5 Å². The van der Waals surface area contributed by atoms with Gasteiger partial charge in [-0.3, -0.25) is 14.6 Å². The lowest BCUT2D eigenvalue weighted by Crippen LogP contribution is -2.23. The summed E-state index contributed by atoms with van der Waals surface area (Å²) in [5, 5.41) is 7.70. The summed E-state index contributed by atoms with van der Waals surface area (Å²) in [7, 11) is 2.00. The Labute approximate surface area is 160 Å². The van der Waals surface area contributed by atoms with E-state index < -0.39 is 0 Å². The Hall–Kier alpha value is -2.73. The summed E-state index contributed by atoms with van der Waals surface area (Å²) >= 11 is 0. The number of nitrogens with one attached hydrogen (secondary N) is 1. The van der Waals surface area contributed by atoms with Crippen LogP contribution < -0.4 is 5.32 Å². The topological polar surface area (TPSA) is 58.9 Å². The van der Waals surface area contributed by atoms with Crippen molar-refractivity contribution in [3.63, 3.8) is 0 Å². The fourth-order valence-electron chi connectivity index (χ4n) is 3.71. The lowest BCUT2D eigenvalue weighted by atomic mass is 10.1. The van der Waals surface area contributed by atoms with Crippen molar-refractivity contribution in [2.45, 2.75) is 39.3 Å². The molecule has 0 aliphatic carbocycles. The molecule has 6 heteroatoms. The molecule has 6 nitrogen and oxygen atoms in total. The fraction of sp³-hybridized carbons (Fsp3) is 0.381. The van der Waals surface area contributed by atoms with E-state index in [0.29, 0.717) is 6.04 Å². The van der Waals surface area contributed by atoms with Gasteiger partial charge in [-0.1, -0.05) is 6.07 Å². The van der Waals surface area contributed by atoms with E-state index in [1.807, 2.05) is 49.2 Å². The second-order valence-electron chi connectivity index (χ2n) is 7.27. The van der Waals surface area contributed by atoms with Gasteiger partial charge in [-0.15, -0.1) is 0 Å². The number of nitrogens with zero attached hydrogens (tertiary/aromatic N) is 5. The highest BCUT2D eigenvalue weighted by Gasteiger charge is 2.27. The summed E-state index contributed by atoms with van der Waals surface area (Å²) in [6.45, 7) is 6.16. The van der Waals surface area contributed by atoms with E-state index in [9.17, 15) is 0 Å². The number of rotatable bonds is 5. The molecule has 1 aliphatic rings. The number of hydrogen-bond acceptors (Lipinski definition) is 5. The van der Waals surface area contributed by atoms with Gasteiger partial charge in [0.1, 0.15) is 5.82 Å². The van der Waals surface area contributed by atoms with Crippen LogP contribution in [0, 0.1) is 13.8 Å². The summed E-state index contributed by atoms with van der Waals surface area (Å²) in [4.78, 5) is 11.7. The van der Waals surface area contributed by atoms with Gasteiger partial charge in [0.2, 0.25) is 0 Å². The highest BCUT2D eigenvalue weighted by atomic mass is 15.3. The third-order valence-corrected chi connectivity index (χ3v) is 5.36. The maximum absolute atomic E-state index is 4.75. The second kappa shape index (κ2) is 7.48. The van der Waals surface area contributed by atoms with Gasteiger partial charge in [-0.25, -0.2) is 4.98 Å². The number of pyridine rings is 2. The Morgan fingerprint density at radius 3 is 2.74 bits per heavy atom. The predicted molar refractivity (Wildman–Crippen MR) is 107 cm³/mol. The maximum atomic E-state index is 4.75. The largest absolute Gasteiger partial charge is 0.339 e. The maximum Gasteiger partial charge on any atom is 0.130 e. The first-order chi connectivity index (χ1) is 13.1. The first kappa shape index (κ1) is 17.7. The van der Waals surface area contributed by atoms with E-state index in [0.717, 1.165) is 42.4 Å². The predicted octanol–water partition coefficient (Wildman–Crippen LogP) is 3.91. The van der Waals surface area contributed by atoms with Crippen LogP contribution in [0.1, 0.15) is 41.5 Å². The average Bonchev–Trinajstić information content (AvgIpc) is 3.25. The zero-order valence-corrected chi connectivity index (χ0v) is 16.2. The smallest absolute Gasteiger partial charge is 0.130 e. The molecule has 1 unspecified atom stereocenters. The van der Waals surface area contributed by atoms with Gasteiger partial charge in [0.15, 0.2) is 0 Å². The highest BCUT2D eigenvalue weighted by molar-refractivity contribution is 5.55. The molecule has 1 atom stereocenters. The second-order valence-corrected chi connectivity index (χ2v) is 7.27. The molecule has 140 valence electrons. The summed E-state index contributed by atoms with van der Waals surface area (Å²) in [6.07, 6.45) is 6.25. The minimum Gasteiger partial charge on any atom is -0.339 e. The Kier molecular flexibility index (Phi) is 4.90. The van der Waals surface area contributed by atoms with Gasteiger partial charge in [-0.2, -0.15) is 5.10 Å². The Morgan fingerprint density at radius 2 is 2.04 bits per heavy atom. The minimum atomic E-state index is 0.371. The summed E-state index contributed by atoms with van der Waals surface area (Å²) in [6, 6.07) is 10.6. The molecular formula is C21H26N6. The van der Waals surface area contributed by atoms with E-state index >= 15 is 0 Å². The van der Waals surface area contributed by atoms with Gasteiger partial charge >= 0.3 is 0 Å². The van der Waals surface area contributed by atoms with Crippen molar-refractivity contribution < 1.29 is 0 Å². The van der Waals surface area contributed by atoms with Crippen LogP contribution in [0.3, 0.4) is 0 Å². The van der Waals surface area contributed by atoms with Gasteiger partial charge < -0.3 is 5.32 Å². The number of hydrogen-bond donors (Lipinski definition) is 1. The number of aromatic nitrogens is 4.